The van der Waals surface area contributed by atoms with E-state index < -0.39 is 47.2 Å². The Bertz CT molecular complexity index is 851. The summed E-state index contributed by atoms with van der Waals surface area (Å²) in [6.45, 7) is 0.942. The fourth-order valence-electron chi connectivity index (χ4n) is 2.16. The lowest BCUT2D eigenvalue weighted by molar-refractivity contribution is -0.143. The van der Waals surface area contributed by atoms with Crippen molar-refractivity contribution >= 4 is 11.6 Å². The van der Waals surface area contributed by atoms with Gasteiger partial charge in [-0.2, -0.15) is 26.3 Å². The molecule has 0 atom stereocenters. The zero-order valence-electron chi connectivity index (χ0n) is 13.2. The van der Waals surface area contributed by atoms with Crippen LogP contribution >= 0.6 is 0 Å². The highest BCUT2D eigenvalue weighted by molar-refractivity contribution is 5.90. The van der Waals surface area contributed by atoms with Crippen LogP contribution in [-0.4, -0.2) is 10.5 Å². The molecule has 0 aliphatic carbocycles. The zero-order chi connectivity index (χ0) is 19.7. The van der Waals surface area contributed by atoms with E-state index in [0.717, 1.165) is 4.57 Å². The molecule has 0 unspecified atom stereocenters. The van der Waals surface area contributed by atoms with Crippen LogP contribution in [0.5, 0.6) is 0 Å². The number of hydrogen-bond acceptors (Lipinski definition) is 2. The summed E-state index contributed by atoms with van der Waals surface area (Å²) < 4.78 is 77.7. The van der Waals surface area contributed by atoms with Gasteiger partial charge in [-0.3, -0.25) is 9.59 Å². The second kappa shape index (κ2) is 6.85. The molecule has 0 saturated carbocycles. The van der Waals surface area contributed by atoms with Crippen molar-refractivity contribution in [3.63, 3.8) is 0 Å². The predicted octanol–water partition coefficient (Wildman–Crippen LogP) is 3.83. The molecule has 1 heterocycles. The van der Waals surface area contributed by atoms with E-state index in [9.17, 15) is 35.9 Å². The average Bonchev–Trinajstić information content (AvgIpc) is 2.50. The number of nitrogens with one attached hydrogen (secondary N) is 1. The maximum atomic E-state index is 12.8. The van der Waals surface area contributed by atoms with Crippen LogP contribution < -0.4 is 10.9 Å². The summed E-state index contributed by atoms with van der Waals surface area (Å²) in [5.74, 6) is -0.940. The second-order valence-electron chi connectivity index (χ2n) is 5.47. The molecule has 0 aliphatic rings. The molecule has 0 saturated heterocycles. The number of benzene rings is 1. The smallest absolute Gasteiger partial charge is 0.325 e. The van der Waals surface area contributed by atoms with Gasteiger partial charge < -0.3 is 9.88 Å². The van der Waals surface area contributed by atoms with Crippen LogP contribution in [0.4, 0.5) is 32.0 Å². The Morgan fingerprint density at radius 1 is 1.04 bits per heavy atom. The van der Waals surface area contributed by atoms with Gasteiger partial charge in [0.25, 0.3) is 5.56 Å². The summed E-state index contributed by atoms with van der Waals surface area (Å²) in [6.07, 6.45) is -8.76. The number of carbonyl (C=O) groups excluding carboxylic acids is 1. The van der Waals surface area contributed by atoms with Gasteiger partial charge in [-0.25, -0.2) is 0 Å². The van der Waals surface area contributed by atoms with E-state index in [1.807, 2.05) is 5.32 Å². The monoisotopic (exact) mass is 378 g/mol. The number of pyridine rings is 1. The van der Waals surface area contributed by atoms with E-state index >= 15 is 0 Å². The van der Waals surface area contributed by atoms with Crippen molar-refractivity contribution in [3.8, 4) is 0 Å². The standard InChI is InChI=1S/C16H12F6N2O2/c1-9-3-2-4-24(14(9)26)8-13(25)23-12-6-10(15(17,18)19)5-11(7-12)16(20,21)22/h2-7H,8H2,1H3,(H,23,25). The molecule has 26 heavy (non-hydrogen) atoms. The topological polar surface area (TPSA) is 51.1 Å². The lowest BCUT2D eigenvalue weighted by Crippen LogP contribution is -2.28. The molecule has 0 bridgehead atoms. The molecule has 4 nitrogen and oxygen atoms in total. The Morgan fingerprint density at radius 3 is 2.08 bits per heavy atom. The molecule has 140 valence electrons. The maximum absolute atomic E-state index is 12.8. The Hall–Kier alpha value is -2.78. The molecule has 1 aromatic carbocycles. The van der Waals surface area contributed by atoms with E-state index in [-0.39, 0.29) is 6.07 Å². The van der Waals surface area contributed by atoms with Gasteiger partial charge in [0.15, 0.2) is 0 Å². The Morgan fingerprint density at radius 2 is 1.58 bits per heavy atom. The summed E-state index contributed by atoms with van der Waals surface area (Å²) >= 11 is 0. The van der Waals surface area contributed by atoms with Gasteiger partial charge in [-0.1, -0.05) is 6.07 Å². The second-order valence-corrected chi connectivity index (χ2v) is 5.47. The molecule has 0 spiro atoms. The third-order valence-corrected chi connectivity index (χ3v) is 3.40. The highest BCUT2D eigenvalue weighted by Gasteiger charge is 2.37. The van der Waals surface area contributed by atoms with Crippen molar-refractivity contribution in [2.24, 2.45) is 0 Å². The van der Waals surface area contributed by atoms with E-state index in [0.29, 0.717) is 17.7 Å². The van der Waals surface area contributed by atoms with Gasteiger partial charge in [-0.15, -0.1) is 0 Å². The normalized spacial score (nSPS) is 12.1. The number of rotatable bonds is 3. The molecule has 0 aliphatic heterocycles. The number of anilines is 1. The number of nitrogens with zero attached hydrogens (tertiary/aromatic N) is 1. The van der Waals surface area contributed by atoms with Crippen molar-refractivity contribution in [1.29, 1.82) is 0 Å². The van der Waals surface area contributed by atoms with Crippen LogP contribution in [0.25, 0.3) is 0 Å². The van der Waals surface area contributed by atoms with Crippen LogP contribution in [0, 0.1) is 6.92 Å². The minimum Gasteiger partial charge on any atom is -0.325 e. The highest BCUT2D eigenvalue weighted by Crippen LogP contribution is 2.37. The molecule has 1 amide bonds. The number of alkyl halides is 6. The molecule has 0 fully saturated rings. The number of carbonyl (C=O) groups is 1. The quantitative estimate of drug-likeness (QED) is 0.826. The first-order valence-electron chi connectivity index (χ1n) is 7.13. The van der Waals surface area contributed by atoms with Crippen molar-refractivity contribution in [1.82, 2.24) is 4.57 Å². The average molecular weight is 378 g/mol. The van der Waals surface area contributed by atoms with Crippen LogP contribution in [0.1, 0.15) is 16.7 Å². The van der Waals surface area contributed by atoms with Crippen LogP contribution in [0.15, 0.2) is 41.3 Å². The molecular weight excluding hydrogens is 366 g/mol. The lowest BCUT2D eigenvalue weighted by atomic mass is 10.1. The largest absolute Gasteiger partial charge is 0.416 e. The Kier molecular flexibility index (Phi) is 5.15. The maximum Gasteiger partial charge on any atom is 0.416 e. The van der Waals surface area contributed by atoms with E-state index in [1.54, 1.807) is 0 Å². The van der Waals surface area contributed by atoms with Crippen molar-refractivity contribution in [2.75, 3.05) is 5.32 Å². The van der Waals surface area contributed by atoms with E-state index in [2.05, 4.69) is 0 Å². The molecule has 0 radical (unpaired) electrons. The fraction of sp³-hybridized carbons (Fsp3) is 0.250. The number of halogens is 6. The first-order chi connectivity index (χ1) is 11.9. The highest BCUT2D eigenvalue weighted by atomic mass is 19.4. The summed E-state index contributed by atoms with van der Waals surface area (Å²) in [4.78, 5) is 23.7. The fourth-order valence-corrected chi connectivity index (χ4v) is 2.16. The third-order valence-electron chi connectivity index (χ3n) is 3.40. The Labute approximate surface area is 143 Å². The summed E-state index contributed by atoms with van der Waals surface area (Å²) in [7, 11) is 0. The van der Waals surface area contributed by atoms with Crippen LogP contribution in [-0.2, 0) is 23.7 Å². The van der Waals surface area contributed by atoms with Gasteiger partial charge in [0.2, 0.25) is 5.91 Å². The first kappa shape index (κ1) is 19.5. The minimum atomic E-state index is -5.02. The number of amides is 1. The molecule has 10 heteroatoms. The van der Waals surface area contributed by atoms with Gasteiger partial charge >= 0.3 is 12.4 Å². The van der Waals surface area contributed by atoms with Gasteiger partial charge in [0.05, 0.1) is 11.1 Å². The van der Waals surface area contributed by atoms with Gasteiger partial charge in [0, 0.05) is 17.4 Å². The van der Waals surface area contributed by atoms with E-state index in [4.69, 9.17) is 0 Å². The lowest BCUT2D eigenvalue weighted by Gasteiger charge is -2.15. The van der Waals surface area contributed by atoms with Crippen molar-refractivity contribution in [3.05, 3.63) is 63.6 Å². The SMILES string of the molecule is Cc1cccn(CC(=O)Nc2cc(C(F)(F)F)cc(C(F)(F)F)c2)c1=O. The predicted molar refractivity (Wildman–Crippen MR) is 80.5 cm³/mol. The molecule has 1 N–H and O–H groups in total. The van der Waals surface area contributed by atoms with Crippen molar-refractivity contribution in [2.45, 2.75) is 25.8 Å². The van der Waals surface area contributed by atoms with Gasteiger partial charge in [0.1, 0.15) is 6.54 Å². The summed E-state index contributed by atoms with van der Waals surface area (Å²) in [6, 6.07) is 3.73. The van der Waals surface area contributed by atoms with Gasteiger partial charge in [-0.05, 0) is 31.2 Å². The number of aromatic nitrogens is 1. The molecule has 2 rings (SSSR count). The van der Waals surface area contributed by atoms with Crippen LogP contribution in [0.3, 0.4) is 0 Å². The zero-order valence-corrected chi connectivity index (χ0v) is 13.2. The summed E-state index contributed by atoms with van der Waals surface area (Å²) in [5, 5.41) is 1.96. The molecule has 2 aromatic rings. The number of aryl methyl sites for hydroxylation is 1. The van der Waals surface area contributed by atoms with Crippen LogP contribution in [0.2, 0.25) is 0 Å². The molecule has 1 aromatic heterocycles. The Balaban J connectivity index is 2.32. The minimum absolute atomic E-state index is 0.0410. The summed E-state index contributed by atoms with van der Waals surface area (Å²) in [5.41, 5.74) is -3.93. The first-order valence-corrected chi connectivity index (χ1v) is 7.13. The van der Waals surface area contributed by atoms with Crippen molar-refractivity contribution < 1.29 is 31.1 Å². The van der Waals surface area contributed by atoms with E-state index in [1.165, 1.54) is 25.3 Å². The number of hydrogen-bond donors (Lipinski definition) is 1. The molecular formula is C16H12F6N2O2. The third kappa shape index (κ3) is 4.64.